The fraction of sp³-hybridized carbons (Fsp3) is 0.200. The highest BCUT2D eigenvalue weighted by Crippen LogP contribution is 2.23. The number of carbonyl (C=O) groups excluding carboxylic acids is 1. The molecule has 1 heterocycles. The first-order chi connectivity index (χ1) is 10.8. The minimum atomic E-state index is -3.84. The van der Waals surface area contributed by atoms with Crippen LogP contribution in [0.4, 0.5) is 0 Å². The van der Waals surface area contributed by atoms with Gasteiger partial charge in [0.1, 0.15) is 5.75 Å². The number of carbonyl (C=O) groups is 1. The lowest BCUT2D eigenvalue weighted by Crippen LogP contribution is -2.27. The predicted octanol–water partition coefficient (Wildman–Crippen LogP) is 1.23. The minimum Gasteiger partial charge on any atom is -0.496 e. The summed E-state index contributed by atoms with van der Waals surface area (Å²) in [6.45, 7) is 1.68. The van der Waals surface area contributed by atoms with E-state index in [1.165, 1.54) is 25.3 Å². The molecule has 23 heavy (non-hydrogen) atoms. The van der Waals surface area contributed by atoms with Crippen LogP contribution in [0.1, 0.15) is 29.0 Å². The molecule has 7 nitrogen and oxygen atoms in total. The number of aromatic nitrogens is 1. The van der Waals surface area contributed by atoms with Crippen LogP contribution in [0.25, 0.3) is 0 Å². The molecule has 1 atom stereocenters. The van der Waals surface area contributed by atoms with Crippen LogP contribution >= 0.6 is 0 Å². The van der Waals surface area contributed by atoms with Gasteiger partial charge in [0.25, 0.3) is 5.91 Å². The Balaban J connectivity index is 2.33. The van der Waals surface area contributed by atoms with E-state index in [0.717, 1.165) is 0 Å². The Kier molecular flexibility index (Phi) is 4.97. The number of hydrogen-bond donors (Lipinski definition) is 2. The first kappa shape index (κ1) is 16.9. The van der Waals surface area contributed by atoms with Crippen LogP contribution < -0.4 is 15.2 Å². The third-order valence-corrected chi connectivity index (χ3v) is 4.75. The molecule has 1 aromatic carbocycles. The third-order valence-electron chi connectivity index (χ3n) is 3.21. The third kappa shape index (κ3) is 3.85. The van der Waals surface area contributed by atoms with E-state index >= 15 is 0 Å². The van der Waals surface area contributed by atoms with Crippen molar-refractivity contribution in [2.45, 2.75) is 17.9 Å². The first-order valence-corrected chi connectivity index (χ1v) is 8.24. The summed E-state index contributed by atoms with van der Waals surface area (Å²) in [5.41, 5.74) is 5.83. The van der Waals surface area contributed by atoms with E-state index < -0.39 is 22.0 Å². The maximum Gasteiger partial charge on any atom is 0.252 e. The molecule has 0 aliphatic rings. The van der Waals surface area contributed by atoms with Gasteiger partial charge in [-0.05, 0) is 37.3 Å². The highest BCUT2D eigenvalue weighted by Gasteiger charge is 2.21. The number of nitrogens with one attached hydrogen (secondary N) is 1. The van der Waals surface area contributed by atoms with Gasteiger partial charge < -0.3 is 10.5 Å². The second-order valence-electron chi connectivity index (χ2n) is 4.82. The summed E-state index contributed by atoms with van der Waals surface area (Å²) in [4.78, 5) is 15.5. The van der Waals surface area contributed by atoms with Crippen LogP contribution in [-0.2, 0) is 10.0 Å². The Hall–Kier alpha value is -2.45. The van der Waals surface area contributed by atoms with Crippen molar-refractivity contribution in [3.8, 4) is 5.75 Å². The number of benzene rings is 1. The lowest BCUT2D eigenvalue weighted by Gasteiger charge is -2.14. The van der Waals surface area contributed by atoms with Crippen LogP contribution in [0.5, 0.6) is 5.75 Å². The molecule has 2 rings (SSSR count). The average Bonchev–Trinajstić information content (AvgIpc) is 2.54. The molecule has 0 saturated heterocycles. The molecule has 122 valence electrons. The maximum absolute atomic E-state index is 12.5. The predicted molar refractivity (Wildman–Crippen MR) is 84.5 cm³/mol. The Labute approximate surface area is 134 Å². The summed E-state index contributed by atoms with van der Waals surface area (Å²) in [6.07, 6.45) is 1.58. The first-order valence-electron chi connectivity index (χ1n) is 6.76. The van der Waals surface area contributed by atoms with Crippen molar-refractivity contribution < 1.29 is 17.9 Å². The van der Waals surface area contributed by atoms with Gasteiger partial charge in [0.15, 0.2) is 0 Å². The molecule has 1 aromatic heterocycles. The summed E-state index contributed by atoms with van der Waals surface area (Å²) < 4.78 is 32.4. The number of rotatable bonds is 6. The SMILES string of the molecule is COc1ccc(S(=O)(=O)N[C@H](C)c2ccccn2)cc1C(N)=O. The van der Waals surface area contributed by atoms with Crippen LogP contribution in [0, 0.1) is 0 Å². The zero-order valence-corrected chi connectivity index (χ0v) is 13.5. The summed E-state index contributed by atoms with van der Waals surface area (Å²) in [5, 5.41) is 0. The van der Waals surface area contributed by atoms with Gasteiger partial charge >= 0.3 is 0 Å². The molecule has 2 aromatic rings. The molecule has 0 unspecified atom stereocenters. The summed E-state index contributed by atoms with van der Waals surface area (Å²) in [6, 6.07) is 8.63. The lowest BCUT2D eigenvalue weighted by molar-refractivity contribution is 0.0997. The minimum absolute atomic E-state index is 0.000800. The Morgan fingerprint density at radius 2 is 2.04 bits per heavy atom. The molecule has 0 bridgehead atoms. The molecule has 0 aliphatic carbocycles. The van der Waals surface area contributed by atoms with E-state index in [-0.39, 0.29) is 16.2 Å². The molecular weight excluding hydrogens is 318 g/mol. The number of nitrogens with two attached hydrogens (primary N) is 1. The fourth-order valence-electron chi connectivity index (χ4n) is 2.04. The maximum atomic E-state index is 12.5. The number of pyridine rings is 1. The number of methoxy groups -OCH3 is 1. The molecule has 0 fully saturated rings. The standard InChI is InChI=1S/C15H17N3O4S/c1-10(13-5-3-4-8-17-13)18-23(20,21)11-6-7-14(22-2)12(9-11)15(16)19/h3-10,18H,1-2H3,(H2,16,19)/t10-/m1/s1. The normalized spacial score (nSPS) is 12.6. The van der Waals surface area contributed by atoms with Gasteiger partial charge in [-0.25, -0.2) is 13.1 Å². The second-order valence-corrected chi connectivity index (χ2v) is 6.54. The number of sulfonamides is 1. The highest BCUT2D eigenvalue weighted by atomic mass is 32.2. The second kappa shape index (κ2) is 6.76. The molecule has 0 saturated carbocycles. The van der Waals surface area contributed by atoms with Gasteiger partial charge in [-0.15, -0.1) is 0 Å². The lowest BCUT2D eigenvalue weighted by atomic mass is 10.2. The quantitative estimate of drug-likeness (QED) is 0.824. The van der Waals surface area contributed by atoms with Crippen molar-refractivity contribution in [3.63, 3.8) is 0 Å². The van der Waals surface area contributed by atoms with Gasteiger partial charge in [0, 0.05) is 6.20 Å². The zero-order valence-electron chi connectivity index (χ0n) is 12.7. The van der Waals surface area contributed by atoms with E-state index in [4.69, 9.17) is 10.5 Å². The topological polar surface area (TPSA) is 111 Å². The highest BCUT2D eigenvalue weighted by molar-refractivity contribution is 7.89. The number of nitrogens with zero attached hydrogens (tertiary/aromatic N) is 1. The van der Waals surface area contributed by atoms with Crippen molar-refractivity contribution in [3.05, 3.63) is 53.9 Å². The Morgan fingerprint density at radius 1 is 1.30 bits per heavy atom. The number of hydrogen-bond acceptors (Lipinski definition) is 5. The summed E-state index contributed by atoms with van der Waals surface area (Å²) in [7, 11) is -2.47. The van der Waals surface area contributed by atoms with Crippen molar-refractivity contribution >= 4 is 15.9 Å². The molecule has 3 N–H and O–H groups in total. The largest absolute Gasteiger partial charge is 0.496 e. The Morgan fingerprint density at radius 3 is 2.61 bits per heavy atom. The molecular formula is C15H17N3O4S. The smallest absolute Gasteiger partial charge is 0.252 e. The van der Waals surface area contributed by atoms with Crippen LogP contribution in [0.2, 0.25) is 0 Å². The van der Waals surface area contributed by atoms with Crippen LogP contribution in [0.3, 0.4) is 0 Å². The van der Waals surface area contributed by atoms with Crippen molar-refractivity contribution in [2.75, 3.05) is 7.11 Å². The molecule has 0 radical (unpaired) electrons. The zero-order chi connectivity index (χ0) is 17.0. The van der Waals surface area contributed by atoms with Gasteiger partial charge in [-0.1, -0.05) is 6.07 Å². The van der Waals surface area contributed by atoms with Gasteiger partial charge in [-0.2, -0.15) is 0 Å². The summed E-state index contributed by atoms with van der Waals surface area (Å²) >= 11 is 0. The van der Waals surface area contributed by atoms with E-state index in [1.807, 2.05) is 0 Å². The van der Waals surface area contributed by atoms with Crippen LogP contribution in [-0.4, -0.2) is 26.4 Å². The van der Waals surface area contributed by atoms with E-state index in [0.29, 0.717) is 5.69 Å². The fourth-order valence-corrected chi connectivity index (χ4v) is 3.28. The molecule has 0 spiro atoms. The van der Waals surface area contributed by atoms with E-state index in [9.17, 15) is 13.2 Å². The summed E-state index contributed by atoms with van der Waals surface area (Å²) in [5.74, 6) is -0.550. The van der Waals surface area contributed by atoms with Crippen molar-refractivity contribution in [1.29, 1.82) is 0 Å². The van der Waals surface area contributed by atoms with E-state index in [1.54, 1.807) is 31.3 Å². The van der Waals surface area contributed by atoms with E-state index in [2.05, 4.69) is 9.71 Å². The van der Waals surface area contributed by atoms with Crippen LogP contribution in [0.15, 0.2) is 47.5 Å². The van der Waals surface area contributed by atoms with Gasteiger partial charge in [-0.3, -0.25) is 9.78 Å². The molecule has 1 amide bonds. The van der Waals surface area contributed by atoms with Crippen molar-refractivity contribution in [2.24, 2.45) is 5.73 Å². The molecule has 0 aliphatic heterocycles. The number of ether oxygens (including phenoxy) is 1. The van der Waals surface area contributed by atoms with Gasteiger partial charge in [0.2, 0.25) is 10.0 Å². The Bertz CT molecular complexity index is 807. The van der Waals surface area contributed by atoms with Crippen molar-refractivity contribution in [1.82, 2.24) is 9.71 Å². The molecule has 8 heteroatoms. The van der Waals surface area contributed by atoms with Gasteiger partial charge in [0.05, 0.1) is 29.3 Å². The number of amides is 1. The average molecular weight is 335 g/mol. The number of primary amides is 1. The monoisotopic (exact) mass is 335 g/mol.